The summed E-state index contributed by atoms with van der Waals surface area (Å²) < 4.78 is 22.5. The van der Waals surface area contributed by atoms with Crippen molar-refractivity contribution in [3.05, 3.63) is 0 Å². The third-order valence-electron chi connectivity index (χ3n) is 9.03. The van der Waals surface area contributed by atoms with Gasteiger partial charge in [-0.15, -0.1) is 0 Å². The van der Waals surface area contributed by atoms with E-state index in [-0.39, 0.29) is 0 Å². The molecular formula is C20H25NO10. The molecule has 0 aromatic rings. The average molecular weight is 439 g/mol. The molecule has 31 heavy (non-hydrogen) atoms. The first-order valence-corrected chi connectivity index (χ1v) is 10.4. The fourth-order valence-electron chi connectivity index (χ4n) is 8.41. The van der Waals surface area contributed by atoms with Gasteiger partial charge in [0, 0.05) is 6.04 Å². The summed E-state index contributed by atoms with van der Waals surface area (Å²) >= 11 is 0. The number of hydrogen-bond acceptors (Lipinski definition) is 11. The Morgan fingerprint density at radius 2 is 1.65 bits per heavy atom. The Morgan fingerprint density at radius 3 is 2.26 bits per heavy atom. The molecule has 170 valence electrons. The molecule has 4 heterocycles. The van der Waals surface area contributed by atoms with Crippen molar-refractivity contribution in [2.45, 2.75) is 75.6 Å². The Labute approximate surface area is 176 Å². The van der Waals surface area contributed by atoms with E-state index >= 15 is 0 Å². The van der Waals surface area contributed by atoms with Crippen molar-refractivity contribution in [3.63, 3.8) is 0 Å². The van der Waals surface area contributed by atoms with Crippen LogP contribution in [-0.4, -0.2) is 81.2 Å². The SMILES string of the molecule is C[C@@H]1C(=O)OC2[C@H](O)C34C5OC(=O)C3(OC3OC(=O)[C@@H](O)C34[C@H](C(C)(C)C)[C@@H]5N)[C@]21O. The minimum atomic E-state index is -2.32. The predicted octanol–water partition coefficient (Wildman–Crippen LogP) is -2.43. The lowest BCUT2D eigenvalue weighted by molar-refractivity contribution is -0.239. The molecule has 4 saturated heterocycles. The van der Waals surface area contributed by atoms with Gasteiger partial charge in [0.15, 0.2) is 17.8 Å². The number of aliphatic hydroxyl groups is 3. The van der Waals surface area contributed by atoms with Crippen molar-refractivity contribution < 1.29 is 48.7 Å². The minimum absolute atomic E-state index is 0.667. The number of aliphatic hydroxyl groups excluding tert-OH is 2. The van der Waals surface area contributed by atoms with Gasteiger partial charge in [0.2, 0.25) is 11.9 Å². The molecule has 6 aliphatic rings. The number of nitrogens with two attached hydrogens (primary N) is 1. The van der Waals surface area contributed by atoms with Gasteiger partial charge in [-0.3, -0.25) is 4.79 Å². The van der Waals surface area contributed by atoms with Crippen molar-refractivity contribution in [1.29, 1.82) is 0 Å². The van der Waals surface area contributed by atoms with Crippen LogP contribution in [0.4, 0.5) is 0 Å². The van der Waals surface area contributed by atoms with Gasteiger partial charge in [-0.2, -0.15) is 0 Å². The lowest BCUT2D eigenvalue weighted by Crippen LogP contribution is -2.67. The lowest BCUT2D eigenvalue weighted by Gasteiger charge is -2.47. The first kappa shape index (κ1) is 19.9. The summed E-state index contributed by atoms with van der Waals surface area (Å²) in [6, 6.07) is -0.926. The molecule has 6 unspecified atom stereocenters. The molecule has 6 rings (SSSR count). The number of fused-ring (bicyclic) bond motifs is 1. The number of ether oxygens (including phenoxy) is 4. The van der Waals surface area contributed by atoms with E-state index < -0.39 is 93.9 Å². The molecule has 2 spiro atoms. The van der Waals surface area contributed by atoms with E-state index in [0.29, 0.717) is 0 Å². The van der Waals surface area contributed by atoms with Crippen LogP contribution in [0.25, 0.3) is 0 Å². The van der Waals surface area contributed by atoms with Crippen LogP contribution >= 0.6 is 0 Å². The highest BCUT2D eigenvalue weighted by atomic mass is 16.8. The summed E-state index contributed by atoms with van der Waals surface area (Å²) in [6.45, 7) is 6.90. The molecular weight excluding hydrogens is 414 g/mol. The largest absolute Gasteiger partial charge is 0.458 e. The second kappa shape index (κ2) is 4.91. The highest BCUT2D eigenvalue weighted by molar-refractivity contribution is 5.94. The summed E-state index contributed by atoms with van der Waals surface area (Å²) in [4.78, 5) is 38.4. The second-order valence-corrected chi connectivity index (χ2v) is 10.9. The molecule has 0 amide bonds. The summed E-state index contributed by atoms with van der Waals surface area (Å²) in [5.41, 5.74) is -2.28. The lowest BCUT2D eigenvalue weighted by atomic mass is 9.51. The third-order valence-corrected chi connectivity index (χ3v) is 9.03. The first-order valence-electron chi connectivity index (χ1n) is 10.4. The Morgan fingerprint density at radius 1 is 1.00 bits per heavy atom. The third kappa shape index (κ3) is 1.43. The van der Waals surface area contributed by atoms with Crippen molar-refractivity contribution in [3.8, 4) is 0 Å². The zero-order valence-corrected chi connectivity index (χ0v) is 17.4. The van der Waals surface area contributed by atoms with E-state index in [9.17, 15) is 29.7 Å². The highest BCUT2D eigenvalue weighted by Gasteiger charge is 3.04. The first-order chi connectivity index (χ1) is 14.3. The van der Waals surface area contributed by atoms with E-state index in [0.717, 1.165) is 0 Å². The Balaban J connectivity index is 1.75. The maximum absolute atomic E-state index is 13.4. The summed E-state index contributed by atoms with van der Waals surface area (Å²) in [7, 11) is 0. The number of carbonyl (C=O) groups is 3. The molecule has 4 aliphatic heterocycles. The van der Waals surface area contributed by atoms with Crippen LogP contribution in [0.1, 0.15) is 27.7 Å². The normalized spacial score (nSPS) is 61.0. The van der Waals surface area contributed by atoms with Gasteiger partial charge in [0.1, 0.15) is 12.2 Å². The van der Waals surface area contributed by atoms with E-state index in [1.54, 1.807) is 0 Å². The van der Waals surface area contributed by atoms with Crippen molar-refractivity contribution in [2.75, 3.05) is 0 Å². The molecule has 0 radical (unpaired) electrons. The second-order valence-electron chi connectivity index (χ2n) is 10.9. The number of esters is 3. The van der Waals surface area contributed by atoms with Crippen LogP contribution in [0.2, 0.25) is 0 Å². The zero-order chi connectivity index (χ0) is 22.7. The zero-order valence-electron chi connectivity index (χ0n) is 17.4. The van der Waals surface area contributed by atoms with Gasteiger partial charge in [-0.25, -0.2) is 9.59 Å². The van der Waals surface area contributed by atoms with Crippen LogP contribution in [0.5, 0.6) is 0 Å². The van der Waals surface area contributed by atoms with Crippen LogP contribution in [0.15, 0.2) is 0 Å². The van der Waals surface area contributed by atoms with Crippen molar-refractivity contribution in [1.82, 2.24) is 0 Å². The fraction of sp³-hybridized carbons (Fsp3) is 0.850. The average Bonchev–Trinajstić information content (AvgIpc) is 3.35. The van der Waals surface area contributed by atoms with Crippen LogP contribution in [0, 0.1) is 28.1 Å². The molecule has 2 aliphatic carbocycles. The van der Waals surface area contributed by atoms with Gasteiger partial charge in [-0.1, -0.05) is 20.8 Å². The number of rotatable bonds is 0. The van der Waals surface area contributed by atoms with Gasteiger partial charge in [0.25, 0.3) is 0 Å². The summed E-state index contributed by atoms with van der Waals surface area (Å²) in [5.74, 6) is -4.79. The number of carbonyl (C=O) groups excluding carboxylic acids is 3. The summed E-state index contributed by atoms with van der Waals surface area (Å²) in [5, 5.41) is 34.8. The van der Waals surface area contributed by atoms with E-state index in [4.69, 9.17) is 24.7 Å². The molecule has 2 saturated carbocycles. The Hall–Kier alpha value is -1.79. The molecule has 0 aromatic heterocycles. The summed E-state index contributed by atoms with van der Waals surface area (Å²) in [6.07, 6.45) is -7.75. The van der Waals surface area contributed by atoms with Crippen molar-refractivity contribution in [2.24, 2.45) is 33.8 Å². The van der Waals surface area contributed by atoms with Crippen LogP contribution in [0.3, 0.4) is 0 Å². The van der Waals surface area contributed by atoms with E-state index in [1.807, 2.05) is 20.8 Å². The van der Waals surface area contributed by atoms with Gasteiger partial charge < -0.3 is 40.0 Å². The van der Waals surface area contributed by atoms with Gasteiger partial charge in [-0.05, 0) is 18.3 Å². The van der Waals surface area contributed by atoms with E-state index in [2.05, 4.69) is 0 Å². The monoisotopic (exact) mass is 439 g/mol. The van der Waals surface area contributed by atoms with Gasteiger partial charge >= 0.3 is 17.9 Å². The highest BCUT2D eigenvalue weighted by Crippen LogP contribution is 2.84. The quantitative estimate of drug-likeness (QED) is 0.233. The maximum atomic E-state index is 13.4. The Bertz CT molecular complexity index is 962. The molecule has 0 aromatic carbocycles. The van der Waals surface area contributed by atoms with Crippen LogP contribution < -0.4 is 5.73 Å². The number of hydrogen-bond donors (Lipinski definition) is 4. The fourth-order valence-corrected chi connectivity index (χ4v) is 8.41. The smallest absolute Gasteiger partial charge is 0.343 e. The predicted molar refractivity (Wildman–Crippen MR) is 95.4 cm³/mol. The standard InChI is InChI=1S/C20H25NO10/c1-5-12(24)28-11-8(22)18-10-6(21)7(16(2,3)4)17(18)9(23)13(25)30-15(17)31-20(18,14(26)29-10)19(5,11)27/h5-11,15,22-23,27H,21H2,1-4H3/t5-,6+,7+,8+,9-,10?,11?,15?,17?,18?,19-,20?/m1/s1. The minimum Gasteiger partial charge on any atom is -0.458 e. The maximum Gasteiger partial charge on any atom is 0.343 e. The molecule has 11 heteroatoms. The topological polar surface area (TPSA) is 175 Å². The van der Waals surface area contributed by atoms with Gasteiger partial charge in [0.05, 0.1) is 16.7 Å². The molecule has 6 fully saturated rings. The Kier molecular flexibility index (Phi) is 3.15. The van der Waals surface area contributed by atoms with Crippen LogP contribution in [-0.2, 0) is 33.3 Å². The molecule has 5 N–H and O–H groups in total. The molecule has 12 atom stereocenters. The molecule has 0 bridgehead atoms. The van der Waals surface area contributed by atoms with Crippen molar-refractivity contribution >= 4 is 17.9 Å². The van der Waals surface area contributed by atoms with E-state index in [1.165, 1.54) is 6.92 Å². The molecule has 11 nitrogen and oxygen atoms in total.